The molecule has 2 aliphatic rings. The summed E-state index contributed by atoms with van der Waals surface area (Å²) in [6.45, 7) is 0. The number of carbonyl (C=O) groups excluding carboxylic acids is 2. The van der Waals surface area contributed by atoms with Crippen molar-refractivity contribution >= 4 is 46.1 Å². The smallest absolute Gasteiger partial charge is 0.361 e. The van der Waals surface area contributed by atoms with Gasteiger partial charge in [0.2, 0.25) is 0 Å². The Balaban J connectivity index is 1.47. The lowest BCUT2D eigenvalue weighted by molar-refractivity contribution is -0.128. The third kappa shape index (κ3) is 3.90. The number of fused-ring (bicyclic) bond motifs is 2. The Morgan fingerprint density at radius 3 is 0.950 bits per heavy atom. The van der Waals surface area contributed by atoms with Crippen LogP contribution in [-0.2, 0) is 9.59 Å². The lowest BCUT2D eigenvalue weighted by Crippen LogP contribution is -2.25. The van der Waals surface area contributed by atoms with Crippen molar-refractivity contribution in [1.29, 1.82) is 0 Å². The molecular weight excluding hydrogens is 500 g/mol. The van der Waals surface area contributed by atoms with Gasteiger partial charge >= 0.3 is 11.9 Å². The van der Waals surface area contributed by atoms with E-state index >= 15 is 0 Å². The van der Waals surface area contributed by atoms with Gasteiger partial charge in [-0.25, -0.2) is 9.59 Å². The van der Waals surface area contributed by atoms with Gasteiger partial charge in [0.15, 0.2) is 0 Å². The first-order valence-electron chi connectivity index (χ1n) is 12.9. The SMILES string of the molecule is O=C1Oc2cc3c(cc2=C1N(c1ccccc1)c1ccccc1)OC(=O)C=3N(c1ccccc1)c1ccccc1. The van der Waals surface area contributed by atoms with Crippen LogP contribution in [0.25, 0.3) is 11.4 Å². The molecule has 0 spiro atoms. The average molecular weight is 523 g/mol. The maximum absolute atomic E-state index is 13.4. The van der Waals surface area contributed by atoms with Crippen molar-refractivity contribution in [2.45, 2.75) is 0 Å². The number of carbonyl (C=O) groups is 2. The van der Waals surface area contributed by atoms with Gasteiger partial charge in [0.1, 0.15) is 22.9 Å². The lowest BCUT2D eigenvalue weighted by Gasteiger charge is -2.24. The lowest BCUT2D eigenvalue weighted by atomic mass is 10.1. The van der Waals surface area contributed by atoms with Gasteiger partial charge in [0.05, 0.1) is 10.4 Å². The zero-order chi connectivity index (χ0) is 27.1. The fraction of sp³-hybridized carbons (Fsp3) is 0. The molecule has 2 heterocycles. The van der Waals surface area contributed by atoms with Gasteiger partial charge in [0.25, 0.3) is 0 Å². The molecule has 0 aromatic heterocycles. The van der Waals surface area contributed by atoms with E-state index in [1.807, 2.05) is 131 Å². The highest BCUT2D eigenvalue weighted by molar-refractivity contribution is 6.21. The van der Waals surface area contributed by atoms with Crippen LogP contribution < -0.4 is 29.7 Å². The van der Waals surface area contributed by atoms with Crippen molar-refractivity contribution in [2.24, 2.45) is 0 Å². The molecule has 40 heavy (non-hydrogen) atoms. The predicted molar refractivity (Wildman–Crippen MR) is 154 cm³/mol. The van der Waals surface area contributed by atoms with Gasteiger partial charge in [-0.3, -0.25) is 0 Å². The molecule has 0 N–H and O–H groups in total. The number of ether oxygens (including phenoxy) is 2. The molecule has 7 rings (SSSR count). The van der Waals surface area contributed by atoms with Gasteiger partial charge in [-0.1, -0.05) is 72.8 Å². The summed E-state index contributed by atoms with van der Waals surface area (Å²) in [5.41, 5.74) is 3.91. The fourth-order valence-corrected chi connectivity index (χ4v) is 5.16. The normalized spacial score (nSPS) is 13.4. The van der Waals surface area contributed by atoms with E-state index in [1.165, 1.54) is 0 Å². The van der Waals surface area contributed by atoms with Crippen LogP contribution in [0.15, 0.2) is 133 Å². The predicted octanol–water partition coefficient (Wildman–Crippen LogP) is 5.42. The quantitative estimate of drug-likeness (QED) is 0.219. The number of anilines is 4. The first-order valence-corrected chi connectivity index (χ1v) is 12.9. The molecule has 0 unspecified atom stereocenters. The summed E-state index contributed by atoms with van der Waals surface area (Å²) >= 11 is 0. The number of nitrogens with zero attached hydrogens (tertiary/aromatic N) is 2. The number of benzene rings is 5. The summed E-state index contributed by atoms with van der Waals surface area (Å²) < 4.78 is 11.7. The largest absolute Gasteiger partial charge is 0.421 e. The molecule has 6 nitrogen and oxygen atoms in total. The van der Waals surface area contributed by atoms with Crippen LogP contribution in [0.5, 0.6) is 11.5 Å². The molecule has 6 heteroatoms. The first kappa shape index (κ1) is 23.5. The van der Waals surface area contributed by atoms with Crippen molar-refractivity contribution in [3.63, 3.8) is 0 Å². The van der Waals surface area contributed by atoms with Crippen LogP contribution in [0, 0.1) is 0 Å². The molecule has 0 saturated heterocycles. The Bertz CT molecular complexity index is 1650. The molecule has 0 bridgehead atoms. The van der Waals surface area contributed by atoms with E-state index in [9.17, 15) is 9.59 Å². The molecule has 2 aliphatic heterocycles. The Labute approximate surface area is 230 Å². The van der Waals surface area contributed by atoms with Crippen molar-refractivity contribution in [1.82, 2.24) is 0 Å². The van der Waals surface area contributed by atoms with E-state index in [0.717, 1.165) is 22.7 Å². The fourth-order valence-electron chi connectivity index (χ4n) is 5.16. The summed E-state index contributed by atoms with van der Waals surface area (Å²) in [6, 6.07) is 41.9. The Morgan fingerprint density at radius 1 is 0.400 bits per heavy atom. The van der Waals surface area contributed by atoms with Crippen LogP contribution in [-0.4, -0.2) is 11.9 Å². The van der Waals surface area contributed by atoms with Gasteiger partial charge in [0, 0.05) is 22.7 Å². The van der Waals surface area contributed by atoms with Crippen LogP contribution in [0.3, 0.4) is 0 Å². The molecular formula is C34H22N2O4. The van der Waals surface area contributed by atoms with Crippen molar-refractivity contribution in [3.8, 4) is 11.5 Å². The Kier molecular flexibility index (Phi) is 5.64. The van der Waals surface area contributed by atoms with E-state index in [1.54, 1.807) is 12.1 Å². The van der Waals surface area contributed by atoms with Gasteiger partial charge in [-0.2, -0.15) is 0 Å². The minimum Gasteiger partial charge on any atom is -0.421 e. The second kappa shape index (κ2) is 9.60. The second-order valence-electron chi connectivity index (χ2n) is 9.33. The monoisotopic (exact) mass is 522 g/mol. The number of hydrogen-bond acceptors (Lipinski definition) is 6. The average Bonchev–Trinajstić information content (AvgIpc) is 3.49. The molecule has 0 fully saturated rings. The van der Waals surface area contributed by atoms with Crippen molar-refractivity contribution < 1.29 is 19.1 Å². The summed E-state index contributed by atoms with van der Waals surface area (Å²) in [6.07, 6.45) is 0. The molecule has 0 aliphatic carbocycles. The number of para-hydroxylation sites is 4. The summed E-state index contributed by atoms with van der Waals surface area (Å²) in [7, 11) is 0. The second-order valence-corrected chi connectivity index (χ2v) is 9.33. The minimum atomic E-state index is -0.484. The number of hydrogen-bond donors (Lipinski definition) is 0. The molecule has 0 amide bonds. The van der Waals surface area contributed by atoms with Gasteiger partial charge < -0.3 is 19.3 Å². The molecule has 192 valence electrons. The maximum atomic E-state index is 13.4. The van der Waals surface area contributed by atoms with Crippen molar-refractivity contribution in [2.75, 3.05) is 9.80 Å². The third-order valence-corrected chi connectivity index (χ3v) is 6.89. The maximum Gasteiger partial charge on any atom is 0.361 e. The molecule has 0 saturated carbocycles. The van der Waals surface area contributed by atoms with Crippen LogP contribution >= 0.6 is 0 Å². The highest BCUT2D eigenvalue weighted by Crippen LogP contribution is 2.35. The zero-order valence-electron chi connectivity index (χ0n) is 21.2. The summed E-state index contributed by atoms with van der Waals surface area (Å²) in [5.74, 6) is -0.232. The highest BCUT2D eigenvalue weighted by Gasteiger charge is 2.35. The van der Waals surface area contributed by atoms with Crippen molar-refractivity contribution in [3.05, 3.63) is 144 Å². The van der Waals surface area contributed by atoms with Gasteiger partial charge in [-0.15, -0.1) is 0 Å². The minimum absolute atomic E-state index is 0.350. The van der Waals surface area contributed by atoms with E-state index < -0.39 is 11.9 Å². The Hall–Kier alpha value is -5.62. The molecule has 0 radical (unpaired) electrons. The standard InChI is InChI=1S/C34H22N2O4/c37-33-31(35(23-13-5-1-6-14-23)24-15-7-2-8-16-24)27-21-30-28(22-29(27)39-33)32(34(38)40-30)36(25-17-9-3-10-18-25)26-19-11-4-12-20-26/h1-22H. The third-order valence-electron chi connectivity index (χ3n) is 6.89. The van der Waals surface area contributed by atoms with E-state index in [2.05, 4.69) is 0 Å². The summed E-state index contributed by atoms with van der Waals surface area (Å²) in [5, 5.41) is 1.10. The van der Waals surface area contributed by atoms with Crippen LogP contribution in [0.1, 0.15) is 0 Å². The summed E-state index contributed by atoms with van der Waals surface area (Å²) in [4.78, 5) is 30.6. The molecule has 5 aromatic rings. The van der Waals surface area contributed by atoms with E-state index in [4.69, 9.17) is 9.47 Å². The molecule has 0 atom stereocenters. The number of esters is 2. The zero-order valence-corrected chi connectivity index (χ0v) is 21.2. The number of rotatable bonds is 6. The highest BCUT2D eigenvalue weighted by atomic mass is 16.5. The first-order chi connectivity index (χ1) is 19.7. The Morgan fingerprint density at radius 2 is 0.675 bits per heavy atom. The molecule has 5 aromatic carbocycles. The topological polar surface area (TPSA) is 59.1 Å². The van der Waals surface area contributed by atoms with Gasteiger partial charge in [-0.05, 0) is 60.7 Å². The van der Waals surface area contributed by atoms with Crippen LogP contribution in [0.4, 0.5) is 22.7 Å². The van der Waals surface area contributed by atoms with E-state index in [0.29, 0.717) is 33.3 Å². The van der Waals surface area contributed by atoms with Crippen LogP contribution in [0.2, 0.25) is 0 Å². The van der Waals surface area contributed by atoms with E-state index in [-0.39, 0.29) is 0 Å².